The lowest BCUT2D eigenvalue weighted by molar-refractivity contribution is 0.494. The molecule has 0 aromatic carbocycles. The lowest BCUT2D eigenvalue weighted by atomic mass is 9.96. The molecule has 1 aromatic heterocycles. The molecule has 4 heteroatoms. The molecule has 2 heterocycles. The van der Waals surface area contributed by atoms with Gasteiger partial charge in [0, 0.05) is 39.0 Å². The van der Waals surface area contributed by atoms with Crippen LogP contribution in [0.1, 0.15) is 38.0 Å². The number of rotatable bonds is 1. The molecule has 0 saturated carbocycles. The van der Waals surface area contributed by atoms with Gasteiger partial charge in [-0.25, -0.2) is 9.66 Å². The Morgan fingerprint density at radius 3 is 2.56 bits per heavy atom. The summed E-state index contributed by atoms with van der Waals surface area (Å²) in [6.45, 7) is 8.60. The molecule has 1 N–H and O–H groups in total. The van der Waals surface area contributed by atoms with Crippen LogP contribution in [0.4, 0.5) is 0 Å². The van der Waals surface area contributed by atoms with Gasteiger partial charge >= 0.3 is 0 Å². The summed E-state index contributed by atoms with van der Waals surface area (Å²) in [7, 11) is 4.17. The van der Waals surface area contributed by atoms with E-state index < -0.39 is 0 Å². The highest BCUT2D eigenvalue weighted by Gasteiger charge is 2.27. The van der Waals surface area contributed by atoms with Crippen molar-refractivity contribution in [1.29, 1.82) is 0 Å². The Morgan fingerprint density at radius 2 is 2.00 bits per heavy atom. The van der Waals surface area contributed by atoms with Gasteiger partial charge in [-0.05, 0) is 0 Å². The van der Waals surface area contributed by atoms with E-state index in [2.05, 4.69) is 49.9 Å². The molecule has 0 bridgehead atoms. The van der Waals surface area contributed by atoms with Crippen molar-refractivity contribution in [3.05, 3.63) is 17.2 Å². The minimum atomic E-state index is 0.0849. The van der Waals surface area contributed by atoms with Crippen LogP contribution in [-0.2, 0) is 18.4 Å². The highest BCUT2D eigenvalue weighted by molar-refractivity contribution is 5.25. The van der Waals surface area contributed by atoms with Gasteiger partial charge in [-0.1, -0.05) is 20.8 Å². The van der Waals surface area contributed by atoms with Gasteiger partial charge in [0.1, 0.15) is 5.82 Å². The molecule has 1 aliphatic heterocycles. The Kier molecular flexibility index (Phi) is 2.70. The average molecular weight is 222 g/mol. The Balaban J connectivity index is 2.56. The van der Waals surface area contributed by atoms with E-state index in [1.807, 2.05) is 0 Å². The summed E-state index contributed by atoms with van der Waals surface area (Å²) in [4.78, 5) is 4.80. The normalized spacial score (nSPS) is 16.1. The Hall–Kier alpha value is -1.03. The van der Waals surface area contributed by atoms with Crippen molar-refractivity contribution < 1.29 is 0 Å². The van der Waals surface area contributed by atoms with Crippen LogP contribution in [0.5, 0.6) is 0 Å². The number of hydrogen-bond donors (Lipinski definition) is 1. The van der Waals surface area contributed by atoms with Crippen molar-refractivity contribution in [1.82, 2.24) is 15.0 Å². The van der Waals surface area contributed by atoms with E-state index in [-0.39, 0.29) is 5.41 Å². The zero-order valence-electron chi connectivity index (χ0n) is 11.0. The number of hydrogen-bond acceptors (Lipinski definition) is 3. The maximum absolute atomic E-state index is 4.80. The van der Waals surface area contributed by atoms with Gasteiger partial charge < -0.3 is 10.3 Å². The highest BCUT2D eigenvalue weighted by atomic mass is 15.5. The second-order valence-electron chi connectivity index (χ2n) is 5.66. The van der Waals surface area contributed by atoms with Crippen LogP contribution < -0.4 is 10.3 Å². The molecule has 0 unspecified atom stereocenters. The number of imidazole rings is 1. The molecule has 0 atom stereocenters. The number of fused-ring (bicyclic) bond motifs is 1. The first-order valence-corrected chi connectivity index (χ1v) is 5.90. The van der Waals surface area contributed by atoms with Crippen molar-refractivity contribution in [3.8, 4) is 0 Å². The lowest BCUT2D eigenvalue weighted by Crippen LogP contribution is -2.34. The molecule has 0 fully saturated rings. The highest BCUT2D eigenvalue weighted by Crippen LogP contribution is 2.25. The minimum Gasteiger partial charge on any atom is -0.317 e. The predicted molar refractivity (Wildman–Crippen MR) is 66.4 cm³/mol. The van der Waals surface area contributed by atoms with Crippen LogP contribution in [-0.4, -0.2) is 30.3 Å². The third-order valence-corrected chi connectivity index (χ3v) is 2.93. The first-order chi connectivity index (χ1) is 7.41. The van der Waals surface area contributed by atoms with E-state index >= 15 is 0 Å². The molecule has 90 valence electrons. The summed E-state index contributed by atoms with van der Waals surface area (Å²) in [6.07, 6.45) is 1.07. The third kappa shape index (κ3) is 1.82. The summed E-state index contributed by atoms with van der Waals surface area (Å²) < 4.78 is 2.27. The van der Waals surface area contributed by atoms with E-state index in [0.717, 1.165) is 25.3 Å². The zero-order chi connectivity index (χ0) is 11.9. The lowest BCUT2D eigenvalue weighted by Gasteiger charge is -2.26. The molecular formula is C12H22N4. The molecule has 16 heavy (non-hydrogen) atoms. The molecule has 0 saturated heterocycles. The van der Waals surface area contributed by atoms with Crippen molar-refractivity contribution >= 4 is 0 Å². The zero-order valence-corrected chi connectivity index (χ0v) is 11.0. The van der Waals surface area contributed by atoms with Crippen molar-refractivity contribution in [2.24, 2.45) is 0 Å². The topological polar surface area (TPSA) is 33.1 Å². The van der Waals surface area contributed by atoms with E-state index in [4.69, 9.17) is 4.98 Å². The van der Waals surface area contributed by atoms with Crippen LogP contribution in [0.2, 0.25) is 0 Å². The van der Waals surface area contributed by atoms with Crippen LogP contribution in [0.3, 0.4) is 0 Å². The van der Waals surface area contributed by atoms with E-state index in [1.54, 1.807) is 0 Å². The summed E-state index contributed by atoms with van der Waals surface area (Å²) in [6, 6.07) is 0. The predicted octanol–water partition coefficient (Wildman–Crippen LogP) is 1.02. The van der Waals surface area contributed by atoms with E-state index in [9.17, 15) is 0 Å². The fourth-order valence-electron chi connectivity index (χ4n) is 2.21. The minimum absolute atomic E-state index is 0.0849. The number of aromatic nitrogens is 2. The van der Waals surface area contributed by atoms with Gasteiger partial charge in [-0.3, -0.25) is 0 Å². The largest absolute Gasteiger partial charge is 0.317 e. The molecular weight excluding hydrogens is 200 g/mol. The summed E-state index contributed by atoms with van der Waals surface area (Å²) in [5, 5.41) is 5.51. The van der Waals surface area contributed by atoms with E-state index in [1.165, 1.54) is 11.4 Å². The van der Waals surface area contributed by atoms with Gasteiger partial charge in [-0.15, -0.1) is 0 Å². The van der Waals surface area contributed by atoms with Gasteiger partial charge in [0.15, 0.2) is 0 Å². The number of nitrogens with one attached hydrogen (secondary N) is 1. The van der Waals surface area contributed by atoms with Crippen LogP contribution in [0.25, 0.3) is 0 Å². The maximum Gasteiger partial charge on any atom is 0.133 e. The molecule has 1 aromatic rings. The van der Waals surface area contributed by atoms with Gasteiger partial charge in [-0.2, -0.15) is 0 Å². The van der Waals surface area contributed by atoms with E-state index in [0.29, 0.717) is 0 Å². The fraction of sp³-hybridized carbons (Fsp3) is 0.750. The van der Waals surface area contributed by atoms with Crippen molar-refractivity contribution in [3.63, 3.8) is 0 Å². The van der Waals surface area contributed by atoms with Gasteiger partial charge in [0.25, 0.3) is 0 Å². The summed E-state index contributed by atoms with van der Waals surface area (Å²) >= 11 is 0. The molecule has 0 amide bonds. The summed E-state index contributed by atoms with van der Waals surface area (Å²) in [5.41, 5.74) is 2.67. The Labute approximate surface area is 97.6 Å². The smallest absolute Gasteiger partial charge is 0.133 e. The van der Waals surface area contributed by atoms with Crippen molar-refractivity contribution in [2.45, 2.75) is 39.2 Å². The first-order valence-electron chi connectivity index (χ1n) is 5.90. The van der Waals surface area contributed by atoms with Crippen LogP contribution in [0, 0.1) is 0 Å². The van der Waals surface area contributed by atoms with Crippen LogP contribution in [0.15, 0.2) is 0 Å². The Morgan fingerprint density at radius 1 is 1.31 bits per heavy atom. The molecule has 0 aliphatic carbocycles. The first kappa shape index (κ1) is 11.5. The average Bonchev–Trinajstić information content (AvgIpc) is 2.55. The molecule has 0 spiro atoms. The molecule has 1 aliphatic rings. The SMILES string of the molecule is CN(C)n1c(C(C)(C)C)nc2c1CCNC2. The Bertz CT molecular complexity index is 384. The molecule has 2 rings (SSSR count). The standard InChI is InChI=1S/C12H22N4/c1-12(2,3)11-14-9-8-13-7-6-10(9)16(11)15(4)5/h13H,6-8H2,1-5H3. The molecule has 4 nitrogen and oxygen atoms in total. The maximum atomic E-state index is 4.80. The van der Waals surface area contributed by atoms with Crippen molar-refractivity contribution in [2.75, 3.05) is 25.6 Å². The summed E-state index contributed by atoms with van der Waals surface area (Å²) in [5.74, 6) is 1.16. The van der Waals surface area contributed by atoms with Gasteiger partial charge in [0.05, 0.1) is 11.4 Å². The third-order valence-electron chi connectivity index (χ3n) is 2.93. The van der Waals surface area contributed by atoms with Gasteiger partial charge in [0.2, 0.25) is 0 Å². The monoisotopic (exact) mass is 222 g/mol. The second kappa shape index (κ2) is 3.77. The van der Waals surface area contributed by atoms with Crippen LogP contribution >= 0.6 is 0 Å². The number of nitrogens with zero attached hydrogens (tertiary/aromatic N) is 3. The fourth-order valence-corrected chi connectivity index (χ4v) is 2.21. The quantitative estimate of drug-likeness (QED) is 0.770. The second-order valence-corrected chi connectivity index (χ2v) is 5.66. The molecule has 0 radical (unpaired) electrons.